The topological polar surface area (TPSA) is 7.60 Å². The van der Waals surface area contributed by atoms with Crippen molar-refractivity contribution >= 4 is 17.4 Å². The smallest absolute Gasteiger partial charge is 0.195 e. The number of benzene rings is 3. The predicted octanol–water partition coefficient (Wildman–Crippen LogP) is 9.73. The van der Waals surface area contributed by atoms with E-state index in [0.29, 0.717) is 5.92 Å². The van der Waals surface area contributed by atoms with E-state index in [2.05, 4.69) is 88.2 Å². The maximum absolute atomic E-state index is 7.95. The Balaban J connectivity index is 1.07. The van der Waals surface area contributed by atoms with Crippen LogP contribution in [0.4, 0.5) is 5.69 Å². The SMILES string of the molecule is [C-]#[N+]c1cc(-c2ccccc2)ccc1-c1cccc(C2CCC3C(C2)C2CCCC4SC5CCCCC5N3C42)c1. The van der Waals surface area contributed by atoms with Gasteiger partial charge < -0.3 is 0 Å². The third-order valence-electron chi connectivity index (χ3n) is 11.3. The van der Waals surface area contributed by atoms with Gasteiger partial charge in [0, 0.05) is 28.6 Å². The molecule has 5 aliphatic rings. The fraction of sp³-hybridized carbons (Fsp3) is 0.486. The molecule has 0 amide bonds. The Morgan fingerprint density at radius 1 is 0.675 bits per heavy atom. The number of nitrogens with zero attached hydrogens (tertiary/aromatic N) is 2. The van der Waals surface area contributed by atoms with Crippen molar-refractivity contribution in [2.24, 2.45) is 11.8 Å². The maximum atomic E-state index is 7.95. The summed E-state index contributed by atoms with van der Waals surface area (Å²) in [6.07, 6.45) is 14.3. The summed E-state index contributed by atoms with van der Waals surface area (Å²) in [5.41, 5.74) is 6.81. The van der Waals surface area contributed by atoms with Crippen LogP contribution in [0.3, 0.4) is 0 Å². The van der Waals surface area contributed by atoms with E-state index in [4.69, 9.17) is 6.57 Å². The van der Waals surface area contributed by atoms with Crippen molar-refractivity contribution in [1.29, 1.82) is 0 Å². The minimum atomic E-state index is 0.651. The molecule has 5 fully saturated rings. The van der Waals surface area contributed by atoms with E-state index >= 15 is 0 Å². The molecule has 0 radical (unpaired) electrons. The van der Waals surface area contributed by atoms with Gasteiger partial charge in [0.15, 0.2) is 5.69 Å². The first kappa shape index (κ1) is 25.2. The zero-order valence-electron chi connectivity index (χ0n) is 23.4. The van der Waals surface area contributed by atoms with Crippen LogP contribution >= 0.6 is 11.8 Å². The molecule has 3 heteroatoms. The van der Waals surface area contributed by atoms with Crippen LogP contribution in [-0.2, 0) is 0 Å². The van der Waals surface area contributed by atoms with Gasteiger partial charge in [-0.2, -0.15) is 11.8 Å². The normalized spacial score (nSPS) is 34.8. The van der Waals surface area contributed by atoms with Crippen molar-refractivity contribution in [1.82, 2.24) is 4.90 Å². The predicted molar refractivity (Wildman–Crippen MR) is 168 cm³/mol. The highest BCUT2D eigenvalue weighted by atomic mass is 32.2. The van der Waals surface area contributed by atoms with E-state index in [-0.39, 0.29) is 0 Å². The van der Waals surface area contributed by atoms with Crippen molar-refractivity contribution in [3.8, 4) is 22.3 Å². The van der Waals surface area contributed by atoms with Crippen molar-refractivity contribution in [2.45, 2.75) is 98.8 Å². The molecule has 3 aromatic carbocycles. The van der Waals surface area contributed by atoms with E-state index in [1.54, 1.807) is 0 Å². The fourth-order valence-electron chi connectivity index (χ4n) is 9.65. The van der Waals surface area contributed by atoms with Crippen LogP contribution < -0.4 is 0 Å². The van der Waals surface area contributed by atoms with Crippen molar-refractivity contribution in [3.05, 3.63) is 89.8 Å². The molecular weight excluding hydrogens is 504 g/mol. The second-order valence-corrected chi connectivity index (χ2v) is 14.7. The van der Waals surface area contributed by atoms with Gasteiger partial charge in [0.1, 0.15) is 0 Å². The number of fused-ring (bicyclic) bond motifs is 5. The van der Waals surface area contributed by atoms with E-state index in [9.17, 15) is 0 Å². The molecule has 8 atom stereocenters. The molecular formula is C37H40N2S. The second-order valence-electron chi connectivity index (χ2n) is 13.2. The Bertz CT molecular complexity index is 1430. The molecule has 0 bridgehead atoms. The summed E-state index contributed by atoms with van der Waals surface area (Å²) >= 11 is 2.43. The van der Waals surface area contributed by atoms with Gasteiger partial charge in [-0.25, -0.2) is 4.85 Å². The Morgan fingerprint density at radius 3 is 2.42 bits per heavy atom. The lowest BCUT2D eigenvalue weighted by Gasteiger charge is -2.53. The molecule has 0 spiro atoms. The Hall–Kier alpha value is -2.54. The van der Waals surface area contributed by atoms with Gasteiger partial charge in [0.2, 0.25) is 0 Å². The van der Waals surface area contributed by atoms with Crippen LogP contribution in [0.25, 0.3) is 27.1 Å². The van der Waals surface area contributed by atoms with Crippen LogP contribution in [0.15, 0.2) is 72.8 Å². The molecule has 2 saturated heterocycles. The third-order valence-corrected chi connectivity index (χ3v) is 13.0. The van der Waals surface area contributed by atoms with Crippen LogP contribution in [-0.4, -0.2) is 33.5 Å². The first-order valence-electron chi connectivity index (χ1n) is 15.9. The van der Waals surface area contributed by atoms with E-state index < -0.39 is 0 Å². The lowest BCUT2D eigenvalue weighted by atomic mass is 9.69. The van der Waals surface area contributed by atoms with E-state index in [1.165, 1.54) is 80.9 Å². The first-order valence-corrected chi connectivity index (χ1v) is 16.8. The largest absolute Gasteiger partial charge is 0.292 e. The molecule has 0 N–H and O–H groups in total. The summed E-state index contributed by atoms with van der Waals surface area (Å²) in [4.78, 5) is 7.14. The third kappa shape index (κ3) is 4.17. The fourth-order valence-corrected chi connectivity index (χ4v) is 11.7. The quantitative estimate of drug-likeness (QED) is 0.303. The Labute approximate surface area is 244 Å². The second kappa shape index (κ2) is 10.4. The van der Waals surface area contributed by atoms with Gasteiger partial charge in [-0.05, 0) is 96.6 Å². The van der Waals surface area contributed by atoms with Crippen LogP contribution in [0.1, 0.15) is 75.7 Å². The van der Waals surface area contributed by atoms with Gasteiger partial charge in [-0.15, -0.1) is 0 Å². The molecule has 2 heterocycles. The average molecular weight is 545 g/mol. The summed E-state index contributed by atoms with van der Waals surface area (Å²) < 4.78 is 0. The molecule has 3 aliphatic carbocycles. The van der Waals surface area contributed by atoms with E-state index in [1.807, 2.05) is 6.07 Å². The Kier molecular flexibility index (Phi) is 6.54. The van der Waals surface area contributed by atoms with Gasteiger partial charge >= 0.3 is 0 Å². The Morgan fingerprint density at radius 2 is 1.52 bits per heavy atom. The summed E-state index contributed by atoms with van der Waals surface area (Å²) in [7, 11) is 0. The van der Waals surface area contributed by atoms with Crippen molar-refractivity contribution in [2.75, 3.05) is 0 Å². The van der Waals surface area contributed by atoms with Gasteiger partial charge in [-0.1, -0.05) is 86.0 Å². The van der Waals surface area contributed by atoms with Crippen LogP contribution in [0.2, 0.25) is 0 Å². The molecule has 204 valence electrons. The summed E-state index contributed by atoms with van der Waals surface area (Å²) in [6.45, 7) is 7.95. The van der Waals surface area contributed by atoms with Gasteiger partial charge in [0.05, 0.1) is 6.57 Å². The molecule has 8 rings (SSSR count). The minimum Gasteiger partial charge on any atom is -0.292 e. The number of rotatable bonds is 3. The lowest BCUT2D eigenvalue weighted by Crippen LogP contribution is -2.59. The molecule has 0 aromatic heterocycles. The van der Waals surface area contributed by atoms with Gasteiger partial charge in [-0.3, -0.25) is 4.90 Å². The molecule has 3 aromatic rings. The maximum Gasteiger partial charge on any atom is 0.195 e. The molecule has 40 heavy (non-hydrogen) atoms. The van der Waals surface area contributed by atoms with Gasteiger partial charge in [0.25, 0.3) is 0 Å². The van der Waals surface area contributed by atoms with Crippen molar-refractivity contribution < 1.29 is 0 Å². The zero-order chi connectivity index (χ0) is 26.6. The van der Waals surface area contributed by atoms with Crippen LogP contribution in [0, 0.1) is 18.4 Å². The first-order chi connectivity index (χ1) is 19.8. The summed E-state index contributed by atoms with van der Waals surface area (Å²) in [5.74, 6) is 2.45. The number of thioether (sulfide) groups is 1. The van der Waals surface area contributed by atoms with Crippen LogP contribution in [0.5, 0.6) is 0 Å². The molecule has 3 saturated carbocycles. The minimum absolute atomic E-state index is 0.651. The summed E-state index contributed by atoms with van der Waals surface area (Å²) in [5, 5.41) is 1.81. The van der Waals surface area contributed by atoms with Crippen molar-refractivity contribution in [3.63, 3.8) is 0 Å². The van der Waals surface area contributed by atoms with E-state index in [0.717, 1.165) is 57.3 Å². The number of hydrogen-bond donors (Lipinski definition) is 0. The average Bonchev–Trinajstić information content (AvgIpc) is 3.36. The lowest BCUT2D eigenvalue weighted by molar-refractivity contribution is 0.0606. The standard InChI is InChI=1S/C37H40N2S/c1-38-32-23-27(24-9-3-2-4-10-24)17-19-29(32)28-12-7-11-25(21-28)26-18-20-33-31(22-26)30-13-8-16-36-37(30)39(33)34-14-5-6-15-35(34)40-36/h2-4,7,9-12,17,19,21,23,26,30-31,33-37H,5-6,8,13-16,18,20,22H2. The highest BCUT2D eigenvalue weighted by molar-refractivity contribution is 8.00. The molecule has 2 aliphatic heterocycles. The summed E-state index contributed by atoms with van der Waals surface area (Å²) in [6, 6.07) is 28.7. The zero-order valence-corrected chi connectivity index (χ0v) is 24.2. The monoisotopic (exact) mass is 544 g/mol. The molecule has 2 nitrogen and oxygen atoms in total. The highest BCUT2D eigenvalue weighted by Crippen LogP contribution is 2.59. The number of hydrogen-bond acceptors (Lipinski definition) is 2. The highest BCUT2D eigenvalue weighted by Gasteiger charge is 2.59. The molecule has 8 unspecified atom stereocenters.